The topological polar surface area (TPSA) is 22.1 Å². The molecule has 0 bridgehead atoms. The smallest absolute Gasteiger partial charge is 0.216 e. The highest BCUT2D eigenvalue weighted by atomic mass is 32.2. The lowest BCUT2D eigenvalue weighted by Gasteiger charge is -2.20. The maximum absolute atomic E-state index is 13.4. The van der Waals surface area contributed by atoms with E-state index in [0.717, 1.165) is 22.6 Å². The number of benzene rings is 2. The van der Waals surface area contributed by atoms with Gasteiger partial charge in [-0.2, -0.15) is 9.37 Å². The molecular formula is C22H20FNOS. The summed E-state index contributed by atoms with van der Waals surface area (Å²) in [5.41, 5.74) is 1.23. The van der Waals surface area contributed by atoms with E-state index in [1.807, 2.05) is 48.5 Å². The molecule has 0 radical (unpaired) electrons. The summed E-state index contributed by atoms with van der Waals surface area (Å²) in [5.74, 6) is -0.275. The molecule has 0 aliphatic carbocycles. The largest absolute Gasteiger partial charge is 0.469 e. The van der Waals surface area contributed by atoms with E-state index in [9.17, 15) is 4.39 Å². The lowest BCUT2D eigenvalue weighted by atomic mass is 10.1. The third-order valence-electron chi connectivity index (χ3n) is 3.84. The number of thioether (sulfide) groups is 1. The fourth-order valence-electron chi connectivity index (χ4n) is 2.53. The van der Waals surface area contributed by atoms with Crippen molar-refractivity contribution in [3.8, 4) is 5.88 Å². The molecule has 0 N–H and O–H groups in total. The van der Waals surface area contributed by atoms with Gasteiger partial charge in [0, 0.05) is 15.9 Å². The molecule has 0 spiro atoms. The lowest BCUT2D eigenvalue weighted by molar-refractivity contribution is 0.223. The molecule has 0 saturated heterocycles. The highest BCUT2D eigenvalue weighted by Gasteiger charge is 2.17. The van der Waals surface area contributed by atoms with Gasteiger partial charge in [0.1, 0.15) is 6.10 Å². The number of rotatable bonds is 8. The van der Waals surface area contributed by atoms with Gasteiger partial charge < -0.3 is 4.74 Å². The summed E-state index contributed by atoms with van der Waals surface area (Å²) in [4.78, 5) is 5.79. The Hall–Kier alpha value is -2.59. The molecule has 132 valence electrons. The Bertz CT molecular complexity index is 839. The van der Waals surface area contributed by atoms with Gasteiger partial charge in [-0.05, 0) is 36.6 Å². The molecule has 0 amide bonds. The van der Waals surface area contributed by atoms with Crippen molar-refractivity contribution in [3.05, 3.63) is 102 Å². The van der Waals surface area contributed by atoms with E-state index < -0.39 is 5.95 Å². The summed E-state index contributed by atoms with van der Waals surface area (Å²) < 4.78 is 19.4. The average molecular weight is 365 g/mol. The van der Waals surface area contributed by atoms with Crippen molar-refractivity contribution < 1.29 is 9.13 Å². The van der Waals surface area contributed by atoms with Gasteiger partial charge in [0.25, 0.3) is 0 Å². The zero-order chi connectivity index (χ0) is 18.2. The maximum Gasteiger partial charge on any atom is 0.216 e. The fourth-order valence-corrected chi connectivity index (χ4v) is 3.43. The van der Waals surface area contributed by atoms with Gasteiger partial charge in [-0.15, -0.1) is 0 Å². The Morgan fingerprint density at radius 2 is 1.65 bits per heavy atom. The zero-order valence-corrected chi connectivity index (χ0v) is 15.2. The molecular weight excluding hydrogens is 345 g/mol. The number of nitrogens with zero attached hydrogens (tertiary/aromatic N) is 1. The fraction of sp³-hybridized carbons (Fsp3) is 0.136. The monoisotopic (exact) mass is 365 g/mol. The quantitative estimate of drug-likeness (QED) is 0.366. The third-order valence-corrected chi connectivity index (χ3v) is 4.87. The SMILES string of the molecule is C=C(Sc1ccccc1)C(CCc1ccccc1)Oc1cccc(F)n1. The Morgan fingerprint density at radius 3 is 2.35 bits per heavy atom. The van der Waals surface area contributed by atoms with Crippen molar-refractivity contribution >= 4 is 11.8 Å². The number of pyridine rings is 1. The van der Waals surface area contributed by atoms with Crippen LogP contribution in [0.5, 0.6) is 5.88 Å². The van der Waals surface area contributed by atoms with Gasteiger partial charge in [-0.3, -0.25) is 0 Å². The summed E-state index contributed by atoms with van der Waals surface area (Å²) >= 11 is 1.57. The Balaban J connectivity index is 1.72. The van der Waals surface area contributed by atoms with Crippen molar-refractivity contribution in [1.82, 2.24) is 4.98 Å². The summed E-state index contributed by atoms with van der Waals surface area (Å²) in [6, 6.07) is 24.8. The minimum Gasteiger partial charge on any atom is -0.469 e. The Kier molecular flexibility index (Phi) is 6.45. The van der Waals surface area contributed by atoms with Gasteiger partial charge in [0.15, 0.2) is 0 Å². The van der Waals surface area contributed by atoms with Crippen molar-refractivity contribution in [3.63, 3.8) is 0 Å². The number of hydrogen-bond acceptors (Lipinski definition) is 3. The van der Waals surface area contributed by atoms with Crippen LogP contribution in [0.4, 0.5) is 4.39 Å². The normalized spacial score (nSPS) is 11.7. The second-order valence-electron chi connectivity index (χ2n) is 5.81. The van der Waals surface area contributed by atoms with E-state index in [1.165, 1.54) is 11.6 Å². The standard InChI is InChI=1S/C22H20FNOS/c1-17(26-19-11-6-3-7-12-19)20(16-15-18-9-4-2-5-10-18)25-22-14-8-13-21(23)24-22/h2-14,20H,1,15-16H2. The molecule has 4 heteroatoms. The molecule has 2 nitrogen and oxygen atoms in total. The van der Waals surface area contributed by atoms with Crippen LogP contribution < -0.4 is 4.74 Å². The number of ether oxygens (including phenoxy) is 1. The molecule has 0 aliphatic rings. The van der Waals surface area contributed by atoms with E-state index >= 15 is 0 Å². The molecule has 0 saturated carbocycles. The summed E-state index contributed by atoms with van der Waals surface area (Å²) in [6.07, 6.45) is 1.31. The Labute approximate surface area is 157 Å². The lowest BCUT2D eigenvalue weighted by Crippen LogP contribution is -2.19. The average Bonchev–Trinajstić information content (AvgIpc) is 2.67. The van der Waals surface area contributed by atoms with Crippen molar-refractivity contribution in [2.75, 3.05) is 0 Å². The highest BCUT2D eigenvalue weighted by molar-refractivity contribution is 8.03. The van der Waals surface area contributed by atoms with Crippen LogP contribution in [0.15, 0.2) is 95.2 Å². The molecule has 0 fully saturated rings. The van der Waals surface area contributed by atoms with E-state index in [0.29, 0.717) is 0 Å². The number of hydrogen-bond donors (Lipinski definition) is 0. The maximum atomic E-state index is 13.4. The van der Waals surface area contributed by atoms with Gasteiger partial charge in [0.2, 0.25) is 11.8 Å². The molecule has 1 heterocycles. The molecule has 0 aliphatic heterocycles. The number of aryl methyl sites for hydroxylation is 1. The van der Waals surface area contributed by atoms with Crippen LogP contribution in [0.3, 0.4) is 0 Å². The molecule has 3 aromatic rings. The predicted molar refractivity (Wildman–Crippen MR) is 105 cm³/mol. The van der Waals surface area contributed by atoms with Gasteiger partial charge >= 0.3 is 0 Å². The third kappa shape index (κ3) is 5.46. The number of halogens is 1. The van der Waals surface area contributed by atoms with Crippen LogP contribution >= 0.6 is 11.8 Å². The van der Waals surface area contributed by atoms with E-state index in [-0.39, 0.29) is 12.0 Å². The minimum absolute atomic E-state index is 0.269. The first-order chi connectivity index (χ1) is 12.7. The highest BCUT2D eigenvalue weighted by Crippen LogP contribution is 2.31. The number of aromatic nitrogens is 1. The molecule has 26 heavy (non-hydrogen) atoms. The van der Waals surface area contributed by atoms with Crippen LogP contribution in [-0.2, 0) is 6.42 Å². The van der Waals surface area contributed by atoms with Crippen molar-refractivity contribution in [2.24, 2.45) is 0 Å². The zero-order valence-electron chi connectivity index (χ0n) is 14.3. The Morgan fingerprint density at radius 1 is 0.962 bits per heavy atom. The van der Waals surface area contributed by atoms with Crippen LogP contribution in [0.25, 0.3) is 0 Å². The van der Waals surface area contributed by atoms with E-state index in [2.05, 4.69) is 23.7 Å². The second kappa shape index (κ2) is 9.20. The van der Waals surface area contributed by atoms with Gasteiger partial charge in [0.05, 0.1) is 0 Å². The summed E-state index contributed by atoms with van der Waals surface area (Å²) in [7, 11) is 0. The van der Waals surface area contributed by atoms with Crippen LogP contribution in [0.2, 0.25) is 0 Å². The van der Waals surface area contributed by atoms with Crippen molar-refractivity contribution in [1.29, 1.82) is 0 Å². The van der Waals surface area contributed by atoms with Crippen LogP contribution in [0.1, 0.15) is 12.0 Å². The molecule has 1 atom stereocenters. The minimum atomic E-state index is -0.550. The summed E-state index contributed by atoms with van der Waals surface area (Å²) in [6.45, 7) is 4.20. The predicted octanol–water partition coefficient (Wildman–Crippen LogP) is 5.91. The van der Waals surface area contributed by atoms with Gasteiger partial charge in [-0.25, -0.2) is 0 Å². The van der Waals surface area contributed by atoms with Crippen molar-refractivity contribution in [2.45, 2.75) is 23.8 Å². The first-order valence-electron chi connectivity index (χ1n) is 8.45. The van der Waals surface area contributed by atoms with E-state index in [4.69, 9.17) is 4.74 Å². The molecule has 1 aromatic heterocycles. The first kappa shape index (κ1) is 18.2. The van der Waals surface area contributed by atoms with Crippen LogP contribution in [-0.4, -0.2) is 11.1 Å². The molecule has 2 aromatic carbocycles. The first-order valence-corrected chi connectivity index (χ1v) is 9.27. The molecule has 3 rings (SSSR count). The molecule has 1 unspecified atom stereocenters. The summed E-state index contributed by atoms with van der Waals surface area (Å²) in [5, 5.41) is 0. The van der Waals surface area contributed by atoms with Crippen LogP contribution in [0, 0.1) is 5.95 Å². The van der Waals surface area contributed by atoms with Gasteiger partial charge in [-0.1, -0.05) is 72.9 Å². The second-order valence-corrected chi connectivity index (χ2v) is 7.01. The van der Waals surface area contributed by atoms with E-state index in [1.54, 1.807) is 23.9 Å².